The monoisotopic (exact) mass is 355 g/mol. The molecule has 0 saturated carbocycles. The standard InChI is InChI=1S/C17H21N7O2/c18-16-19-8-11(9-20-16)13-14-15(24-3-1-2-12(24)10-26-14)22-17(21-13)23-4-6-25-7-5-23/h8-9,12H,1-7,10H2,(H2,18,19,20)/t12-/m0/s1. The van der Waals surface area contributed by atoms with Gasteiger partial charge in [0.25, 0.3) is 0 Å². The van der Waals surface area contributed by atoms with Gasteiger partial charge in [0.2, 0.25) is 11.9 Å². The van der Waals surface area contributed by atoms with E-state index in [9.17, 15) is 0 Å². The quantitative estimate of drug-likeness (QED) is 0.834. The third-order valence-electron chi connectivity index (χ3n) is 5.14. The molecule has 26 heavy (non-hydrogen) atoms. The molecule has 2 N–H and O–H groups in total. The van der Waals surface area contributed by atoms with Crippen LogP contribution in [0.25, 0.3) is 11.3 Å². The second-order valence-electron chi connectivity index (χ2n) is 6.75. The van der Waals surface area contributed by atoms with Crippen molar-refractivity contribution in [3.8, 4) is 17.0 Å². The van der Waals surface area contributed by atoms with Gasteiger partial charge >= 0.3 is 0 Å². The van der Waals surface area contributed by atoms with Crippen molar-refractivity contribution in [2.75, 3.05) is 55.0 Å². The lowest BCUT2D eigenvalue weighted by atomic mass is 10.1. The van der Waals surface area contributed by atoms with E-state index in [-0.39, 0.29) is 5.95 Å². The van der Waals surface area contributed by atoms with Gasteiger partial charge < -0.3 is 25.0 Å². The predicted molar refractivity (Wildman–Crippen MR) is 96.4 cm³/mol. The Labute approximate surface area is 151 Å². The van der Waals surface area contributed by atoms with E-state index in [4.69, 9.17) is 25.2 Å². The Kier molecular flexibility index (Phi) is 3.74. The summed E-state index contributed by atoms with van der Waals surface area (Å²) in [6.07, 6.45) is 5.67. The topological polar surface area (TPSA) is 103 Å². The average Bonchev–Trinajstić information content (AvgIpc) is 3.18. The first-order chi connectivity index (χ1) is 12.8. The molecule has 3 aliphatic heterocycles. The number of anilines is 3. The van der Waals surface area contributed by atoms with Crippen LogP contribution in [0.5, 0.6) is 5.75 Å². The Morgan fingerprint density at radius 3 is 2.69 bits per heavy atom. The number of fused-ring (bicyclic) bond motifs is 3. The number of hydrogen-bond donors (Lipinski definition) is 1. The first-order valence-electron chi connectivity index (χ1n) is 9.01. The molecule has 2 aromatic heterocycles. The summed E-state index contributed by atoms with van der Waals surface area (Å²) in [6, 6.07) is 0.394. The second-order valence-corrected chi connectivity index (χ2v) is 6.75. The third-order valence-corrected chi connectivity index (χ3v) is 5.14. The van der Waals surface area contributed by atoms with Crippen molar-refractivity contribution in [2.45, 2.75) is 18.9 Å². The largest absolute Gasteiger partial charge is 0.485 e. The molecule has 0 spiro atoms. The minimum atomic E-state index is 0.241. The molecule has 3 aliphatic rings. The highest BCUT2D eigenvalue weighted by Gasteiger charge is 2.36. The molecule has 1 atom stereocenters. The highest BCUT2D eigenvalue weighted by Crippen LogP contribution is 2.43. The van der Waals surface area contributed by atoms with Gasteiger partial charge in [-0.3, -0.25) is 0 Å². The second kappa shape index (κ2) is 6.24. The minimum Gasteiger partial charge on any atom is -0.485 e. The summed E-state index contributed by atoms with van der Waals surface area (Å²) in [7, 11) is 0. The Morgan fingerprint density at radius 2 is 1.88 bits per heavy atom. The normalized spacial score (nSPS) is 21.9. The molecule has 5 rings (SSSR count). The zero-order valence-electron chi connectivity index (χ0n) is 14.5. The van der Waals surface area contributed by atoms with Crippen molar-refractivity contribution < 1.29 is 9.47 Å². The molecular formula is C17H21N7O2. The molecule has 9 heteroatoms. The summed E-state index contributed by atoms with van der Waals surface area (Å²) in [5, 5.41) is 0. The molecular weight excluding hydrogens is 334 g/mol. The minimum absolute atomic E-state index is 0.241. The van der Waals surface area contributed by atoms with Gasteiger partial charge in [0, 0.05) is 37.6 Å². The Hall–Kier alpha value is -2.68. The number of rotatable bonds is 2. The summed E-state index contributed by atoms with van der Waals surface area (Å²) in [6.45, 7) is 4.59. The van der Waals surface area contributed by atoms with Crippen molar-refractivity contribution in [1.29, 1.82) is 0 Å². The van der Waals surface area contributed by atoms with Crippen LogP contribution in [0.15, 0.2) is 12.4 Å². The van der Waals surface area contributed by atoms with Gasteiger partial charge in [0.15, 0.2) is 11.6 Å². The van der Waals surface area contributed by atoms with Crippen LogP contribution in [-0.2, 0) is 4.74 Å². The number of nitrogen functional groups attached to an aromatic ring is 1. The lowest BCUT2D eigenvalue weighted by Gasteiger charge is -2.35. The maximum Gasteiger partial charge on any atom is 0.228 e. The smallest absolute Gasteiger partial charge is 0.228 e. The van der Waals surface area contributed by atoms with E-state index in [2.05, 4.69) is 19.8 Å². The van der Waals surface area contributed by atoms with Crippen molar-refractivity contribution in [3.63, 3.8) is 0 Å². The van der Waals surface area contributed by atoms with Crippen molar-refractivity contribution in [1.82, 2.24) is 19.9 Å². The van der Waals surface area contributed by atoms with Crippen LogP contribution in [0.4, 0.5) is 17.7 Å². The maximum absolute atomic E-state index is 6.10. The maximum atomic E-state index is 6.10. The van der Waals surface area contributed by atoms with Crippen molar-refractivity contribution in [2.24, 2.45) is 0 Å². The van der Waals surface area contributed by atoms with Crippen LogP contribution in [-0.4, -0.2) is 65.4 Å². The summed E-state index contributed by atoms with van der Waals surface area (Å²) in [4.78, 5) is 22.4. The van der Waals surface area contributed by atoms with Crippen LogP contribution < -0.4 is 20.3 Å². The van der Waals surface area contributed by atoms with Crippen LogP contribution in [0.1, 0.15) is 12.8 Å². The van der Waals surface area contributed by atoms with Gasteiger partial charge in [-0.25, -0.2) is 15.0 Å². The lowest BCUT2D eigenvalue weighted by molar-refractivity contribution is 0.122. The summed E-state index contributed by atoms with van der Waals surface area (Å²) >= 11 is 0. The van der Waals surface area contributed by atoms with E-state index >= 15 is 0 Å². The molecule has 0 bridgehead atoms. The average molecular weight is 355 g/mol. The van der Waals surface area contributed by atoms with Crippen LogP contribution in [0, 0.1) is 0 Å². The van der Waals surface area contributed by atoms with Crippen LogP contribution >= 0.6 is 0 Å². The van der Waals surface area contributed by atoms with Crippen molar-refractivity contribution >= 4 is 17.7 Å². The summed E-state index contributed by atoms with van der Waals surface area (Å²) < 4.78 is 11.6. The van der Waals surface area contributed by atoms with Gasteiger partial charge in [-0.1, -0.05) is 0 Å². The zero-order chi connectivity index (χ0) is 17.5. The molecule has 2 fully saturated rings. The Balaban J connectivity index is 1.64. The van der Waals surface area contributed by atoms with E-state index < -0.39 is 0 Å². The SMILES string of the molecule is Nc1ncc(-c2nc(N3CCOCC3)nc3c2OC[C@@H]2CCCN32)cn1. The van der Waals surface area contributed by atoms with E-state index in [0.717, 1.165) is 49.6 Å². The van der Waals surface area contributed by atoms with E-state index in [1.165, 1.54) is 0 Å². The molecule has 0 aliphatic carbocycles. The first kappa shape index (κ1) is 15.6. The first-order valence-corrected chi connectivity index (χ1v) is 9.01. The van der Waals surface area contributed by atoms with Gasteiger partial charge in [0.05, 0.1) is 19.3 Å². The molecule has 2 aromatic rings. The van der Waals surface area contributed by atoms with Crippen LogP contribution in [0.2, 0.25) is 0 Å². The third kappa shape index (κ3) is 2.59. The van der Waals surface area contributed by atoms with Crippen LogP contribution in [0.3, 0.4) is 0 Å². The fourth-order valence-electron chi connectivity index (χ4n) is 3.78. The molecule has 9 nitrogen and oxygen atoms in total. The summed E-state index contributed by atoms with van der Waals surface area (Å²) in [5.74, 6) is 2.54. The molecule has 0 radical (unpaired) electrons. The molecule has 136 valence electrons. The fourth-order valence-corrected chi connectivity index (χ4v) is 3.78. The van der Waals surface area contributed by atoms with Gasteiger partial charge in [-0.15, -0.1) is 0 Å². The predicted octanol–water partition coefficient (Wildman–Crippen LogP) is 0.714. The molecule has 0 unspecified atom stereocenters. The molecule has 0 amide bonds. The molecule has 2 saturated heterocycles. The molecule has 5 heterocycles. The summed E-state index contributed by atoms with van der Waals surface area (Å²) in [5.41, 5.74) is 7.15. The Bertz CT molecular complexity index is 808. The highest BCUT2D eigenvalue weighted by atomic mass is 16.5. The lowest BCUT2D eigenvalue weighted by Crippen LogP contribution is -2.41. The van der Waals surface area contributed by atoms with Gasteiger partial charge in [-0.05, 0) is 12.8 Å². The highest BCUT2D eigenvalue weighted by molar-refractivity contribution is 5.75. The number of nitrogens with two attached hydrogens (primary N) is 1. The molecule has 0 aromatic carbocycles. The number of morpholine rings is 1. The van der Waals surface area contributed by atoms with Crippen molar-refractivity contribution in [3.05, 3.63) is 12.4 Å². The number of ether oxygens (including phenoxy) is 2. The number of aromatic nitrogens is 4. The van der Waals surface area contributed by atoms with Gasteiger partial charge in [0.1, 0.15) is 12.3 Å². The van der Waals surface area contributed by atoms with E-state index in [1.54, 1.807) is 12.4 Å². The Morgan fingerprint density at radius 1 is 1.08 bits per heavy atom. The van der Waals surface area contributed by atoms with E-state index in [0.29, 0.717) is 37.6 Å². The zero-order valence-corrected chi connectivity index (χ0v) is 14.5. The fraction of sp³-hybridized carbons (Fsp3) is 0.529. The van der Waals surface area contributed by atoms with E-state index in [1.807, 2.05) is 0 Å². The number of hydrogen-bond acceptors (Lipinski definition) is 9. The van der Waals surface area contributed by atoms with Gasteiger partial charge in [-0.2, -0.15) is 4.98 Å². The number of nitrogens with zero attached hydrogens (tertiary/aromatic N) is 6.